The van der Waals surface area contributed by atoms with Crippen LogP contribution in [0.2, 0.25) is 0 Å². The molecule has 1 aliphatic rings. The van der Waals surface area contributed by atoms with Crippen LogP contribution in [0.15, 0.2) is 12.3 Å². The van der Waals surface area contributed by atoms with E-state index in [2.05, 4.69) is 15.7 Å². The summed E-state index contributed by atoms with van der Waals surface area (Å²) in [4.78, 5) is 25.8. The summed E-state index contributed by atoms with van der Waals surface area (Å²) in [6, 6.07) is 1.87. The molecule has 2 N–H and O–H groups in total. The SMILES string of the molecule is CCNC(=O)Cn1ccc(NC(=O)N(C)C2CCCCCCC2)n1. The zero-order valence-electron chi connectivity index (χ0n) is 14.8. The van der Waals surface area contributed by atoms with Gasteiger partial charge >= 0.3 is 6.03 Å². The molecular formula is C17H29N5O2. The highest BCUT2D eigenvalue weighted by molar-refractivity contribution is 5.88. The molecule has 3 amide bonds. The van der Waals surface area contributed by atoms with Gasteiger partial charge in [0, 0.05) is 31.9 Å². The van der Waals surface area contributed by atoms with Gasteiger partial charge in [-0.05, 0) is 19.8 Å². The number of nitrogens with one attached hydrogen (secondary N) is 2. The molecule has 0 radical (unpaired) electrons. The second kappa shape index (κ2) is 9.30. The van der Waals surface area contributed by atoms with Crippen molar-refractivity contribution in [3.63, 3.8) is 0 Å². The van der Waals surface area contributed by atoms with Crippen LogP contribution >= 0.6 is 0 Å². The molecule has 24 heavy (non-hydrogen) atoms. The van der Waals surface area contributed by atoms with Crippen molar-refractivity contribution in [1.82, 2.24) is 20.0 Å². The summed E-state index contributed by atoms with van der Waals surface area (Å²) in [6.45, 7) is 2.62. The Balaban J connectivity index is 1.86. The van der Waals surface area contributed by atoms with Gasteiger partial charge in [-0.25, -0.2) is 4.79 Å². The molecule has 7 heteroatoms. The van der Waals surface area contributed by atoms with Gasteiger partial charge in [0.25, 0.3) is 0 Å². The third kappa shape index (κ3) is 5.54. The molecule has 1 fully saturated rings. The summed E-state index contributed by atoms with van der Waals surface area (Å²) in [6.07, 6.45) is 10.0. The Morgan fingerprint density at radius 2 is 1.92 bits per heavy atom. The van der Waals surface area contributed by atoms with Crippen molar-refractivity contribution < 1.29 is 9.59 Å². The Kier molecular flexibility index (Phi) is 7.08. The molecule has 2 rings (SSSR count). The molecule has 0 unspecified atom stereocenters. The summed E-state index contributed by atoms with van der Waals surface area (Å²) >= 11 is 0. The molecular weight excluding hydrogens is 306 g/mol. The number of hydrogen-bond donors (Lipinski definition) is 2. The number of carbonyl (C=O) groups excluding carboxylic acids is 2. The van der Waals surface area contributed by atoms with Gasteiger partial charge in [-0.2, -0.15) is 5.10 Å². The minimum Gasteiger partial charge on any atom is -0.355 e. The van der Waals surface area contributed by atoms with Gasteiger partial charge in [-0.3, -0.25) is 14.8 Å². The van der Waals surface area contributed by atoms with E-state index in [9.17, 15) is 9.59 Å². The van der Waals surface area contributed by atoms with Crippen molar-refractivity contribution in [2.45, 2.75) is 64.5 Å². The van der Waals surface area contributed by atoms with Gasteiger partial charge in [0.15, 0.2) is 5.82 Å². The Labute approximate surface area is 143 Å². The normalized spacial score (nSPS) is 16.1. The fourth-order valence-corrected chi connectivity index (χ4v) is 3.10. The van der Waals surface area contributed by atoms with Crippen molar-refractivity contribution in [3.05, 3.63) is 12.3 Å². The van der Waals surface area contributed by atoms with E-state index in [0.717, 1.165) is 12.8 Å². The summed E-state index contributed by atoms with van der Waals surface area (Å²) in [5.41, 5.74) is 0. The van der Waals surface area contributed by atoms with Gasteiger partial charge in [0.1, 0.15) is 6.54 Å². The van der Waals surface area contributed by atoms with E-state index in [1.807, 2.05) is 14.0 Å². The molecule has 0 spiro atoms. The Bertz CT molecular complexity index is 535. The van der Waals surface area contributed by atoms with Crippen LogP contribution in [0.3, 0.4) is 0 Å². The first-order chi connectivity index (χ1) is 11.6. The third-order valence-corrected chi connectivity index (χ3v) is 4.50. The van der Waals surface area contributed by atoms with Crippen LogP contribution < -0.4 is 10.6 Å². The summed E-state index contributed by atoms with van der Waals surface area (Å²) in [5.74, 6) is 0.382. The van der Waals surface area contributed by atoms with Gasteiger partial charge in [0.05, 0.1) is 0 Å². The minimum absolute atomic E-state index is 0.0925. The zero-order valence-corrected chi connectivity index (χ0v) is 14.8. The van der Waals surface area contributed by atoms with Crippen LogP contribution in [0, 0.1) is 0 Å². The molecule has 0 bridgehead atoms. The molecule has 0 atom stereocenters. The zero-order chi connectivity index (χ0) is 17.4. The van der Waals surface area contributed by atoms with E-state index in [4.69, 9.17) is 0 Å². The molecule has 0 aliphatic heterocycles. The number of aromatic nitrogens is 2. The number of carbonyl (C=O) groups is 2. The van der Waals surface area contributed by atoms with Crippen LogP contribution in [0.4, 0.5) is 10.6 Å². The molecule has 134 valence electrons. The van der Waals surface area contributed by atoms with E-state index in [1.54, 1.807) is 17.2 Å². The number of likely N-dealkylation sites (N-methyl/N-ethyl adjacent to an activating group) is 1. The summed E-state index contributed by atoms with van der Waals surface area (Å²) < 4.78 is 1.52. The van der Waals surface area contributed by atoms with Crippen molar-refractivity contribution in [1.29, 1.82) is 0 Å². The van der Waals surface area contributed by atoms with Crippen molar-refractivity contribution in [2.24, 2.45) is 0 Å². The van der Waals surface area contributed by atoms with E-state index in [1.165, 1.54) is 36.8 Å². The number of rotatable bonds is 5. The molecule has 1 saturated carbocycles. The lowest BCUT2D eigenvalue weighted by Crippen LogP contribution is -2.40. The molecule has 0 aromatic carbocycles. The highest BCUT2D eigenvalue weighted by Gasteiger charge is 2.21. The lowest BCUT2D eigenvalue weighted by Gasteiger charge is -2.29. The van der Waals surface area contributed by atoms with Crippen molar-refractivity contribution >= 4 is 17.8 Å². The minimum atomic E-state index is -0.135. The average Bonchev–Trinajstić information content (AvgIpc) is 2.93. The second-order valence-corrected chi connectivity index (χ2v) is 6.39. The van der Waals surface area contributed by atoms with E-state index in [0.29, 0.717) is 18.4 Å². The largest absolute Gasteiger partial charge is 0.355 e. The lowest BCUT2D eigenvalue weighted by atomic mass is 9.96. The van der Waals surface area contributed by atoms with Crippen LogP contribution in [0.25, 0.3) is 0 Å². The van der Waals surface area contributed by atoms with Gasteiger partial charge in [-0.1, -0.05) is 32.1 Å². The first-order valence-corrected chi connectivity index (χ1v) is 8.94. The molecule has 1 aliphatic carbocycles. The average molecular weight is 335 g/mol. The maximum atomic E-state index is 12.4. The molecule has 7 nitrogen and oxygen atoms in total. The second-order valence-electron chi connectivity index (χ2n) is 6.39. The number of nitrogens with zero attached hydrogens (tertiary/aromatic N) is 3. The van der Waals surface area contributed by atoms with Crippen LogP contribution in [0.5, 0.6) is 0 Å². The fraction of sp³-hybridized carbons (Fsp3) is 0.706. The van der Waals surface area contributed by atoms with E-state index < -0.39 is 0 Å². The molecule has 1 aromatic heterocycles. The molecule has 0 saturated heterocycles. The van der Waals surface area contributed by atoms with Crippen LogP contribution in [-0.2, 0) is 11.3 Å². The smallest absolute Gasteiger partial charge is 0.323 e. The van der Waals surface area contributed by atoms with Gasteiger partial charge in [-0.15, -0.1) is 0 Å². The maximum Gasteiger partial charge on any atom is 0.323 e. The van der Waals surface area contributed by atoms with E-state index in [-0.39, 0.29) is 18.5 Å². The predicted octanol–water partition coefficient (Wildman–Crippen LogP) is 2.60. The van der Waals surface area contributed by atoms with Gasteiger partial charge < -0.3 is 10.2 Å². The van der Waals surface area contributed by atoms with Crippen LogP contribution in [0.1, 0.15) is 51.9 Å². The number of hydrogen-bond acceptors (Lipinski definition) is 3. The summed E-state index contributed by atoms with van der Waals surface area (Å²) in [5, 5.41) is 9.78. The lowest BCUT2D eigenvalue weighted by molar-refractivity contribution is -0.121. The standard InChI is InChI=1S/C17H29N5O2/c1-3-18-16(23)13-22-12-11-15(20-22)19-17(24)21(2)14-9-7-5-4-6-8-10-14/h11-12,14H,3-10,13H2,1-2H3,(H,18,23)(H,19,20,24). The Morgan fingerprint density at radius 3 is 2.58 bits per heavy atom. The number of urea groups is 1. The molecule has 1 heterocycles. The first kappa shape index (κ1) is 18.3. The topological polar surface area (TPSA) is 79.3 Å². The monoisotopic (exact) mass is 335 g/mol. The quantitative estimate of drug-likeness (QED) is 0.868. The maximum absolute atomic E-state index is 12.4. The highest BCUT2D eigenvalue weighted by Crippen LogP contribution is 2.21. The van der Waals surface area contributed by atoms with Gasteiger partial charge in [0.2, 0.25) is 5.91 Å². The number of amides is 3. The predicted molar refractivity (Wildman–Crippen MR) is 93.8 cm³/mol. The first-order valence-electron chi connectivity index (χ1n) is 8.94. The Hall–Kier alpha value is -2.05. The third-order valence-electron chi connectivity index (χ3n) is 4.50. The number of anilines is 1. The molecule has 1 aromatic rings. The van der Waals surface area contributed by atoms with Crippen LogP contribution in [-0.4, -0.2) is 46.3 Å². The van der Waals surface area contributed by atoms with E-state index >= 15 is 0 Å². The fourth-order valence-electron chi connectivity index (χ4n) is 3.10. The van der Waals surface area contributed by atoms with Crippen molar-refractivity contribution in [3.8, 4) is 0 Å². The Morgan fingerprint density at radius 1 is 1.25 bits per heavy atom. The highest BCUT2D eigenvalue weighted by atomic mass is 16.2. The van der Waals surface area contributed by atoms with Crippen molar-refractivity contribution in [2.75, 3.05) is 18.9 Å². The summed E-state index contributed by atoms with van der Waals surface area (Å²) in [7, 11) is 1.85.